The summed E-state index contributed by atoms with van der Waals surface area (Å²) in [7, 11) is 0. The van der Waals surface area contributed by atoms with Gasteiger partial charge in [0.15, 0.2) is 0 Å². The molecule has 1 heterocycles. The van der Waals surface area contributed by atoms with Crippen LogP contribution in [0.3, 0.4) is 0 Å². The van der Waals surface area contributed by atoms with E-state index in [9.17, 15) is 0 Å². The summed E-state index contributed by atoms with van der Waals surface area (Å²) in [6, 6.07) is 13.8. The average Bonchev–Trinajstić information content (AvgIpc) is 2.84. The fourth-order valence-electron chi connectivity index (χ4n) is 2.27. The number of rotatable bonds is 4. The van der Waals surface area contributed by atoms with Crippen molar-refractivity contribution >= 4 is 11.3 Å². The molecule has 2 aromatic rings. The van der Waals surface area contributed by atoms with Gasteiger partial charge >= 0.3 is 0 Å². The van der Waals surface area contributed by atoms with Crippen molar-refractivity contribution in [2.75, 3.05) is 0 Å². The Labute approximate surface area is 127 Å². The Kier molecular flexibility index (Phi) is 4.66. The summed E-state index contributed by atoms with van der Waals surface area (Å²) in [5.74, 6) is 0. The molecule has 0 aliphatic carbocycles. The zero-order valence-corrected chi connectivity index (χ0v) is 14.0. The van der Waals surface area contributed by atoms with E-state index in [4.69, 9.17) is 0 Å². The maximum atomic E-state index is 3.48. The standard InChI is InChI=1S/C18H25NS/c1-13(2)19-12-14-10-11-17(20-14)15-8-6-7-9-16(15)18(3,4)5/h6-11,13,19H,12H2,1-5H3. The highest BCUT2D eigenvalue weighted by Crippen LogP contribution is 2.36. The summed E-state index contributed by atoms with van der Waals surface area (Å²) in [6.45, 7) is 12.2. The first-order valence-corrected chi connectivity index (χ1v) is 8.11. The smallest absolute Gasteiger partial charge is 0.0349 e. The molecule has 1 aromatic heterocycles. The summed E-state index contributed by atoms with van der Waals surface area (Å²) in [6.07, 6.45) is 0. The largest absolute Gasteiger partial charge is 0.310 e. The molecule has 1 nitrogen and oxygen atoms in total. The second-order valence-electron chi connectivity index (χ2n) is 6.60. The van der Waals surface area contributed by atoms with Gasteiger partial charge in [-0.3, -0.25) is 0 Å². The Hall–Kier alpha value is -1.12. The molecule has 1 aromatic carbocycles. The maximum absolute atomic E-state index is 3.48. The predicted molar refractivity (Wildman–Crippen MR) is 90.4 cm³/mol. The summed E-state index contributed by atoms with van der Waals surface area (Å²) in [5, 5.41) is 3.48. The number of hydrogen-bond donors (Lipinski definition) is 1. The SMILES string of the molecule is CC(C)NCc1ccc(-c2ccccc2C(C)(C)C)s1. The van der Waals surface area contributed by atoms with Crippen molar-refractivity contribution in [3.63, 3.8) is 0 Å². The highest BCUT2D eigenvalue weighted by atomic mass is 32.1. The van der Waals surface area contributed by atoms with Gasteiger partial charge in [0.2, 0.25) is 0 Å². The summed E-state index contributed by atoms with van der Waals surface area (Å²) >= 11 is 1.90. The van der Waals surface area contributed by atoms with Crippen LogP contribution in [-0.4, -0.2) is 6.04 Å². The van der Waals surface area contributed by atoms with Gasteiger partial charge in [-0.2, -0.15) is 0 Å². The molecule has 1 N–H and O–H groups in total. The Bertz CT molecular complexity index is 561. The molecule has 0 aliphatic heterocycles. The Morgan fingerprint density at radius 1 is 1.05 bits per heavy atom. The number of hydrogen-bond acceptors (Lipinski definition) is 2. The van der Waals surface area contributed by atoms with Gasteiger partial charge in [-0.25, -0.2) is 0 Å². The van der Waals surface area contributed by atoms with Crippen LogP contribution in [0, 0.1) is 0 Å². The zero-order chi connectivity index (χ0) is 14.8. The molecular weight excluding hydrogens is 262 g/mol. The van der Waals surface area contributed by atoms with Gasteiger partial charge in [-0.1, -0.05) is 58.9 Å². The molecule has 0 saturated heterocycles. The maximum Gasteiger partial charge on any atom is 0.0349 e. The molecule has 2 rings (SSSR count). The van der Waals surface area contributed by atoms with E-state index in [-0.39, 0.29) is 5.41 Å². The van der Waals surface area contributed by atoms with Gasteiger partial charge in [0.1, 0.15) is 0 Å². The highest BCUT2D eigenvalue weighted by Gasteiger charge is 2.18. The van der Waals surface area contributed by atoms with E-state index in [1.807, 2.05) is 11.3 Å². The van der Waals surface area contributed by atoms with Crippen LogP contribution in [0.4, 0.5) is 0 Å². The minimum Gasteiger partial charge on any atom is -0.310 e. The second-order valence-corrected chi connectivity index (χ2v) is 7.77. The summed E-state index contributed by atoms with van der Waals surface area (Å²) < 4.78 is 0. The lowest BCUT2D eigenvalue weighted by molar-refractivity contribution is 0.592. The van der Waals surface area contributed by atoms with Gasteiger partial charge in [0.25, 0.3) is 0 Å². The van der Waals surface area contributed by atoms with E-state index in [2.05, 4.69) is 76.3 Å². The van der Waals surface area contributed by atoms with E-state index in [0.29, 0.717) is 6.04 Å². The number of nitrogens with one attached hydrogen (secondary N) is 1. The van der Waals surface area contributed by atoms with Crippen LogP contribution < -0.4 is 5.32 Å². The van der Waals surface area contributed by atoms with Crippen molar-refractivity contribution in [3.8, 4) is 10.4 Å². The van der Waals surface area contributed by atoms with Crippen molar-refractivity contribution in [2.24, 2.45) is 0 Å². The Morgan fingerprint density at radius 2 is 1.75 bits per heavy atom. The van der Waals surface area contributed by atoms with E-state index in [0.717, 1.165) is 6.54 Å². The van der Waals surface area contributed by atoms with Crippen LogP contribution in [0.25, 0.3) is 10.4 Å². The minimum absolute atomic E-state index is 0.178. The fourth-order valence-corrected chi connectivity index (χ4v) is 3.27. The van der Waals surface area contributed by atoms with Crippen molar-refractivity contribution in [1.29, 1.82) is 0 Å². The van der Waals surface area contributed by atoms with Gasteiger partial charge in [-0.15, -0.1) is 11.3 Å². The third-order valence-electron chi connectivity index (χ3n) is 3.35. The van der Waals surface area contributed by atoms with Crippen molar-refractivity contribution in [3.05, 3.63) is 46.8 Å². The molecule has 0 fully saturated rings. The molecule has 0 saturated carbocycles. The molecule has 0 aliphatic rings. The first-order valence-electron chi connectivity index (χ1n) is 7.30. The van der Waals surface area contributed by atoms with Gasteiger partial charge in [0, 0.05) is 22.3 Å². The van der Waals surface area contributed by atoms with Gasteiger partial charge in [-0.05, 0) is 28.7 Å². The molecule has 0 bridgehead atoms. The monoisotopic (exact) mass is 287 g/mol. The van der Waals surface area contributed by atoms with Crippen LogP contribution in [0.1, 0.15) is 45.1 Å². The van der Waals surface area contributed by atoms with E-state index in [1.54, 1.807) is 0 Å². The van der Waals surface area contributed by atoms with E-state index >= 15 is 0 Å². The Balaban J connectivity index is 2.29. The lowest BCUT2D eigenvalue weighted by Crippen LogP contribution is -2.21. The molecule has 2 heteroatoms. The lowest BCUT2D eigenvalue weighted by atomic mass is 9.83. The number of thiophene rings is 1. The fraction of sp³-hybridized carbons (Fsp3) is 0.444. The summed E-state index contributed by atoms with van der Waals surface area (Å²) in [5.41, 5.74) is 2.97. The molecular formula is C18H25NS. The molecule has 0 spiro atoms. The van der Waals surface area contributed by atoms with Crippen molar-refractivity contribution in [2.45, 2.75) is 52.6 Å². The Morgan fingerprint density at radius 3 is 2.40 bits per heavy atom. The molecule has 0 unspecified atom stereocenters. The number of benzene rings is 1. The first kappa shape index (κ1) is 15.3. The van der Waals surface area contributed by atoms with Crippen LogP contribution in [0.2, 0.25) is 0 Å². The summed E-state index contributed by atoms with van der Waals surface area (Å²) in [4.78, 5) is 2.77. The molecule has 0 atom stereocenters. The predicted octanol–water partition coefficient (Wildman–Crippen LogP) is 5.21. The van der Waals surface area contributed by atoms with Crippen molar-refractivity contribution < 1.29 is 0 Å². The minimum atomic E-state index is 0.178. The molecule has 20 heavy (non-hydrogen) atoms. The average molecular weight is 287 g/mol. The molecule has 0 radical (unpaired) electrons. The molecule has 0 amide bonds. The van der Waals surface area contributed by atoms with Crippen LogP contribution >= 0.6 is 11.3 Å². The molecule has 108 valence electrons. The highest BCUT2D eigenvalue weighted by molar-refractivity contribution is 7.15. The van der Waals surface area contributed by atoms with E-state index < -0.39 is 0 Å². The second kappa shape index (κ2) is 6.11. The van der Waals surface area contributed by atoms with E-state index in [1.165, 1.54) is 20.9 Å². The third-order valence-corrected chi connectivity index (χ3v) is 4.47. The zero-order valence-electron chi connectivity index (χ0n) is 13.2. The third kappa shape index (κ3) is 3.71. The van der Waals surface area contributed by atoms with Crippen LogP contribution in [0.15, 0.2) is 36.4 Å². The van der Waals surface area contributed by atoms with Gasteiger partial charge in [0.05, 0.1) is 0 Å². The quantitative estimate of drug-likeness (QED) is 0.814. The van der Waals surface area contributed by atoms with Gasteiger partial charge < -0.3 is 5.32 Å². The van der Waals surface area contributed by atoms with Crippen LogP contribution in [0.5, 0.6) is 0 Å². The van der Waals surface area contributed by atoms with Crippen LogP contribution in [-0.2, 0) is 12.0 Å². The lowest BCUT2D eigenvalue weighted by Gasteiger charge is -2.22. The normalized spacial score (nSPS) is 12.1. The first-order chi connectivity index (χ1) is 9.38. The van der Waals surface area contributed by atoms with Crippen molar-refractivity contribution in [1.82, 2.24) is 5.32 Å². The topological polar surface area (TPSA) is 12.0 Å².